The molecule has 0 atom stereocenters. The third-order valence-corrected chi connectivity index (χ3v) is 2.59. The van der Waals surface area contributed by atoms with Crippen LogP contribution in [0, 0.1) is 0 Å². The van der Waals surface area contributed by atoms with Crippen LogP contribution in [0.2, 0.25) is 0 Å². The first-order chi connectivity index (χ1) is 6.81. The standard InChI is InChI=1S/C9H9NS.C3H8/c1-2-7-3-4-8-6-10-11-9(8)5-7;1-3-2/h3-6H,2H2,1H3;3H2,1-2H3. The smallest absolute Gasteiger partial charge is 0.0552 e. The van der Waals surface area contributed by atoms with E-state index in [2.05, 4.69) is 43.3 Å². The normalized spacial score (nSPS) is 9.64. The maximum Gasteiger partial charge on any atom is 0.0552 e. The Morgan fingerprint density at radius 3 is 2.57 bits per heavy atom. The second kappa shape index (κ2) is 5.76. The van der Waals surface area contributed by atoms with Crippen LogP contribution in [-0.2, 0) is 6.42 Å². The second-order valence-electron chi connectivity index (χ2n) is 3.26. The second-order valence-corrected chi connectivity index (χ2v) is 4.09. The fraction of sp³-hybridized carbons (Fsp3) is 0.417. The maximum atomic E-state index is 4.12. The molecule has 76 valence electrons. The number of nitrogens with zero attached hydrogens (tertiary/aromatic N) is 1. The zero-order chi connectivity index (χ0) is 10.4. The van der Waals surface area contributed by atoms with Gasteiger partial charge in [-0.15, -0.1) is 0 Å². The Morgan fingerprint density at radius 1 is 1.21 bits per heavy atom. The maximum absolute atomic E-state index is 4.12. The monoisotopic (exact) mass is 207 g/mol. The van der Waals surface area contributed by atoms with Gasteiger partial charge in [-0.05, 0) is 29.6 Å². The molecule has 2 aromatic rings. The van der Waals surface area contributed by atoms with Crippen molar-refractivity contribution in [2.75, 3.05) is 0 Å². The summed E-state index contributed by atoms with van der Waals surface area (Å²) >= 11 is 1.57. The Labute approximate surface area is 89.9 Å². The van der Waals surface area contributed by atoms with Gasteiger partial charge in [-0.3, -0.25) is 0 Å². The SMILES string of the molecule is CCC.CCc1ccc2cnsc2c1. The molecule has 0 N–H and O–H groups in total. The van der Waals surface area contributed by atoms with Crippen LogP contribution in [0.25, 0.3) is 10.1 Å². The van der Waals surface area contributed by atoms with Gasteiger partial charge in [-0.2, -0.15) is 4.37 Å². The highest BCUT2D eigenvalue weighted by atomic mass is 32.1. The largest absolute Gasteiger partial charge is 0.200 e. The molecule has 2 heteroatoms. The fourth-order valence-electron chi connectivity index (χ4n) is 1.12. The molecule has 0 bridgehead atoms. The highest BCUT2D eigenvalue weighted by molar-refractivity contribution is 7.13. The van der Waals surface area contributed by atoms with E-state index in [4.69, 9.17) is 0 Å². The predicted molar refractivity (Wildman–Crippen MR) is 65.0 cm³/mol. The van der Waals surface area contributed by atoms with E-state index >= 15 is 0 Å². The molecule has 1 nitrogen and oxygen atoms in total. The van der Waals surface area contributed by atoms with Gasteiger partial charge in [-0.1, -0.05) is 39.3 Å². The van der Waals surface area contributed by atoms with Gasteiger partial charge in [0.05, 0.1) is 4.70 Å². The van der Waals surface area contributed by atoms with Crippen LogP contribution in [-0.4, -0.2) is 4.37 Å². The van der Waals surface area contributed by atoms with Crippen molar-refractivity contribution in [1.82, 2.24) is 4.37 Å². The average molecular weight is 207 g/mol. The molecule has 0 fully saturated rings. The van der Waals surface area contributed by atoms with Crippen LogP contribution in [0.1, 0.15) is 32.8 Å². The zero-order valence-electron chi connectivity index (χ0n) is 9.08. The molecule has 0 spiro atoms. The van der Waals surface area contributed by atoms with Crippen LogP contribution in [0.5, 0.6) is 0 Å². The average Bonchev–Trinajstić information content (AvgIpc) is 2.65. The van der Waals surface area contributed by atoms with E-state index < -0.39 is 0 Å². The van der Waals surface area contributed by atoms with Gasteiger partial charge in [0.1, 0.15) is 0 Å². The first kappa shape index (κ1) is 11.2. The van der Waals surface area contributed by atoms with Gasteiger partial charge < -0.3 is 0 Å². The zero-order valence-corrected chi connectivity index (χ0v) is 9.90. The lowest BCUT2D eigenvalue weighted by Crippen LogP contribution is -1.75. The number of aryl methyl sites for hydroxylation is 1. The van der Waals surface area contributed by atoms with Gasteiger partial charge >= 0.3 is 0 Å². The molecule has 0 amide bonds. The molecule has 14 heavy (non-hydrogen) atoms. The Morgan fingerprint density at radius 2 is 1.93 bits per heavy atom. The number of rotatable bonds is 1. The molecule has 1 heterocycles. The Kier molecular flexibility index (Phi) is 4.60. The topological polar surface area (TPSA) is 12.9 Å². The molecule has 0 saturated heterocycles. The van der Waals surface area contributed by atoms with E-state index in [0.29, 0.717) is 0 Å². The number of aromatic nitrogens is 1. The summed E-state index contributed by atoms with van der Waals surface area (Å²) in [4.78, 5) is 0. The number of fused-ring (bicyclic) bond motifs is 1. The molecule has 0 unspecified atom stereocenters. The van der Waals surface area contributed by atoms with Crippen LogP contribution >= 0.6 is 11.5 Å². The van der Waals surface area contributed by atoms with E-state index in [1.54, 1.807) is 11.5 Å². The minimum absolute atomic E-state index is 1.10. The summed E-state index contributed by atoms with van der Waals surface area (Å²) in [6.07, 6.45) is 4.27. The molecule has 1 aromatic heterocycles. The van der Waals surface area contributed by atoms with Crippen molar-refractivity contribution in [2.45, 2.75) is 33.6 Å². The van der Waals surface area contributed by atoms with Crippen molar-refractivity contribution in [1.29, 1.82) is 0 Å². The van der Waals surface area contributed by atoms with Crippen LogP contribution in [0.3, 0.4) is 0 Å². The molecule has 0 saturated carbocycles. The minimum atomic E-state index is 1.10. The summed E-state index contributed by atoms with van der Waals surface area (Å²) in [5.74, 6) is 0. The molecular weight excluding hydrogens is 190 g/mol. The summed E-state index contributed by atoms with van der Waals surface area (Å²) in [7, 11) is 0. The summed E-state index contributed by atoms with van der Waals surface area (Å²) in [5.41, 5.74) is 1.39. The number of hydrogen-bond donors (Lipinski definition) is 0. The molecule has 1 aromatic carbocycles. The lowest BCUT2D eigenvalue weighted by Gasteiger charge is -1.93. The van der Waals surface area contributed by atoms with Crippen LogP contribution in [0.4, 0.5) is 0 Å². The third kappa shape index (κ3) is 2.81. The molecular formula is C12H17NS. The summed E-state index contributed by atoms with van der Waals surface area (Å²) < 4.78 is 5.41. The van der Waals surface area contributed by atoms with E-state index in [1.165, 1.54) is 22.1 Å². The molecule has 2 rings (SSSR count). The van der Waals surface area contributed by atoms with E-state index in [1.807, 2.05) is 6.20 Å². The molecule has 0 radical (unpaired) electrons. The number of benzene rings is 1. The fourth-order valence-corrected chi connectivity index (χ4v) is 1.83. The summed E-state index contributed by atoms with van der Waals surface area (Å²) in [6.45, 7) is 6.42. The van der Waals surface area contributed by atoms with Crippen molar-refractivity contribution < 1.29 is 0 Å². The van der Waals surface area contributed by atoms with Crippen molar-refractivity contribution in [2.24, 2.45) is 0 Å². The van der Waals surface area contributed by atoms with Crippen LogP contribution < -0.4 is 0 Å². The van der Waals surface area contributed by atoms with Gasteiger partial charge in [0, 0.05) is 11.6 Å². The first-order valence-corrected chi connectivity index (χ1v) is 5.92. The van der Waals surface area contributed by atoms with E-state index in [-0.39, 0.29) is 0 Å². The first-order valence-electron chi connectivity index (χ1n) is 5.15. The summed E-state index contributed by atoms with van der Waals surface area (Å²) in [6, 6.07) is 6.52. The van der Waals surface area contributed by atoms with Crippen molar-refractivity contribution in [3.63, 3.8) is 0 Å². The quantitative estimate of drug-likeness (QED) is 0.680. The lowest BCUT2D eigenvalue weighted by atomic mass is 10.1. The van der Waals surface area contributed by atoms with Gasteiger partial charge in [0.15, 0.2) is 0 Å². The van der Waals surface area contributed by atoms with Crippen molar-refractivity contribution in [3.8, 4) is 0 Å². The Bertz CT molecular complexity index is 378. The van der Waals surface area contributed by atoms with Crippen LogP contribution in [0.15, 0.2) is 24.4 Å². The molecule has 0 aliphatic rings. The summed E-state index contributed by atoms with van der Waals surface area (Å²) in [5, 5.41) is 1.26. The van der Waals surface area contributed by atoms with Crippen molar-refractivity contribution >= 4 is 21.6 Å². The minimum Gasteiger partial charge on any atom is -0.200 e. The Balaban J connectivity index is 0.000000293. The van der Waals surface area contributed by atoms with Gasteiger partial charge in [-0.25, -0.2) is 0 Å². The third-order valence-electron chi connectivity index (χ3n) is 1.83. The van der Waals surface area contributed by atoms with Gasteiger partial charge in [0.2, 0.25) is 0 Å². The Hall–Kier alpha value is -0.890. The van der Waals surface area contributed by atoms with E-state index in [9.17, 15) is 0 Å². The van der Waals surface area contributed by atoms with E-state index in [0.717, 1.165) is 6.42 Å². The highest BCUT2D eigenvalue weighted by Crippen LogP contribution is 2.19. The predicted octanol–water partition coefficient (Wildman–Crippen LogP) is 4.28. The van der Waals surface area contributed by atoms with Gasteiger partial charge in [0.25, 0.3) is 0 Å². The lowest BCUT2D eigenvalue weighted by molar-refractivity contribution is 1.09. The highest BCUT2D eigenvalue weighted by Gasteiger charge is 1.95. The molecule has 0 aliphatic heterocycles. The molecule has 0 aliphatic carbocycles. The van der Waals surface area contributed by atoms with Crippen molar-refractivity contribution in [3.05, 3.63) is 30.0 Å². The number of hydrogen-bond acceptors (Lipinski definition) is 2.